The van der Waals surface area contributed by atoms with E-state index in [9.17, 15) is 0 Å². The van der Waals surface area contributed by atoms with Crippen molar-refractivity contribution in [1.82, 2.24) is 14.2 Å². The number of piperidine rings is 2. The highest BCUT2D eigenvalue weighted by Crippen LogP contribution is 2.40. The molecule has 2 aromatic rings. The zero-order chi connectivity index (χ0) is 17.4. The van der Waals surface area contributed by atoms with Crippen LogP contribution in [0.15, 0.2) is 30.5 Å². The van der Waals surface area contributed by atoms with Gasteiger partial charge in [-0.25, -0.2) is 0 Å². The molecule has 0 amide bonds. The van der Waals surface area contributed by atoms with E-state index in [1.54, 1.807) is 0 Å². The van der Waals surface area contributed by atoms with E-state index in [2.05, 4.69) is 65.6 Å². The maximum absolute atomic E-state index is 2.69. The zero-order valence-electron chi connectivity index (χ0n) is 16.2. The van der Waals surface area contributed by atoms with E-state index >= 15 is 0 Å². The molecule has 2 saturated heterocycles. The third-order valence-electron chi connectivity index (χ3n) is 6.58. The maximum atomic E-state index is 2.69. The Hall–Kier alpha value is -1.32. The van der Waals surface area contributed by atoms with E-state index in [0.717, 1.165) is 6.54 Å². The quantitative estimate of drug-likeness (QED) is 0.822. The van der Waals surface area contributed by atoms with Crippen molar-refractivity contribution >= 4 is 5.52 Å². The predicted octanol–water partition coefficient (Wildman–Crippen LogP) is 4.37. The first-order chi connectivity index (χ1) is 12.1. The fourth-order valence-electron chi connectivity index (χ4n) is 5.13. The van der Waals surface area contributed by atoms with Crippen LogP contribution in [0.5, 0.6) is 0 Å². The average molecular weight is 340 g/mol. The number of fused-ring (bicyclic) bond motifs is 1. The Morgan fingerprint density at radius 3 is 2.60 bits per heavy atom. The average Bonchev–Trinajstić information content (AvgIpc) is 2.96. The Labute approximate surface area is 152 Å². The van der Waals surface area contributed by atoms with Crippen molar-refractivity contribution in [1.29, 1.82) is 0 Å². The lowest BCUT2D eigenvalue weighted by Gasteiger charge is -2.47. The number of hydrogen-bond donors (Lipinski definition) is 0. The molecule has 3 heteroatoms. The molecular weight excluding hydrogens is 306 g/mol. The summed E-state index contributed by atoms with van der Waals surface area (Å²) in [5.41, 5.74) is 4.96. The fraction of sp³-hybridized carbons (Fsp3) is 0.636. The Bertz CT molecular complexity index is 722. The third-order valence-corrected chi connectivity index (χ3v) is 6.58. The van der Waals surface area contributed by atoms with Crippen LogP contribution in [0, 0.1) is 5.41 Å². The molecule has 0 aromatic carbocycles. The molecule has 0 saturated carbocycles. The summed E-state index contributed by atoms with van der Waals surface area (Å²) in [4.78, 5) is 5.25. The van der Waals surface area contributed by atoms with E-state index in [0.29, 0.717) is 11.3 Å². The minimum absolute atomic E-state index is 0.582. The van der Waals surface area contributed by atoms with Crippen LogP contribution in [0.4, 0.5) is 0 Å². The van der Waals surface area contributed by atoms with Gasteiger partial charge in [-0.3, -0.25) is 4.90 Å². The van der Waals surface area contributed by atoms with E-state index in [1.165, 1.54) is 68.6 Å². The first-order valence-electron chi connectivity index (χ1n) is 10.1. The number of nitrogens with zero attached hydrogens (tertiary/aromatic N) is 3. The van der Waals surface area contributed by atoms with Crippen LogP contribution in [0.3, 0.4) is 0 Å². The Morgan fingerprint density at radius 2 is 1.88 bits per heavy atom. The van der Waals surface area contributed by atoms with Crippen molar-refractivity contribution in [2.45, 2.75) is 52.0 Å². The van der Waals surface area contributed by atoms with E-state index in [4.69, 9.17) is 0 Å². The van der Waals surface area contributed by atoms with Gasteiger partial charge in [-0.2, -0.15) is 0 Å². The van der Waals surface area contributed by atoms with Crippen molar-refractivity contribution < 1.29 is 0 Å². The van der Waals surface area contributed by atoms with Gasteiger partial charge in [0.25, 0.3) is 0 Å². The van der Waals surface area contributed by atoms with E-state index in [-0.39, 0.29) is 0 Å². The number of likely N-dealkylation sites (tertiary alicyclic amines) is 2. The van der Waals surface area contributed by atoms with Gasteiger partial charge in [0.2, 0.25) is 0 Å². The van der Waals surface area contributed by atoms with Gasteiger partial charge in [-0.05, 0) is 87.5 Å². The van der Waals surface area contributed by atoms with Crippen LogP contribution < -0.4 is 0 Å². The van der Waals surface area contributed by atoms with Gasteiger partial charge in [0, 0.05) is 30.5 Å². The molecule has 4 rings (SSSR count). The molecule has 0 N–H and O–H groups in total. The molecular formula is C22H33N3. The van der Waals surface area contributed by atoms with Crippen molar-refractivity contribution in [3.8, 4) is 0 Å². The molecule has 2 fully saturated rings. The molecule has 2 aromatic heterocycles. The minimum Gasteiger partial charge on any atom is -0.319 e. The summed E-state index contributed by atoms with van der Waals surface area (Å²) in [7, 11) is 2.30. The highest BCUT2D eigenvalue weighted by atomic mass is 15.2. The standard InChI is InChI=1S/C22H33N3/c1-18(2)20-15-19-7-4-5-12-25(19)21(20)16-24-13-9-22(10-14-24)8-6-11-23(3)17-22/h4-5,7,12,15,18H,6,8-11,13-14,16-17H2,1-3H3. The molecule has 0 aliphatic carbocycles. The second-order valence-corrected chi connectivity index (χ2v) is 8.81. The summed E-state index contributed by atoms with van der Waals surface area (Å²) in [6, 6.07) is 8.93. The fourth-order valence-corrected chi connectivity index (χ4v) is 5.13. The van der Waals surface area contributed by atoms with Crippen LogP contribution in [-0.2, 0) is 6.54 Å². The normalized spacial score (nSPS) is 22.2. The van der Waals surface area contributed by atoms with Crippen molar-refractivity contribution in [3.63, 3.8) is 0 Å². The maximum Gasteiger partial charge on any atom is 0.0456 e. The second kappa shape index (κ2) is 6.77. The molecule has 0 radical (unpaired) electrons. The third kappa shape index (κ3) is 3.37. The van der Waals surface area contributed by atoms with Gasteiger partial charge in [-0.1, -0.05) is 19.9 Å². The lowest BCUT2D eigenvalue weighted by Crippen LogP contribution is -2.48. The smallest absolute Gasteiger partial charge is 0.0456 e. The van der Waals surface area contributed by atoms with Gasteiger partial charge in [0.05, 0.1) is 0 Å². The summed E-state index contributed by atoms with van der Waals surface area (Å²) in [6.45, 7) is 10.8. The van der Waals surface area contributed by atoms with Crippen LogP contribution >= 0.6 is 0 Å². The summed E-state index contributed by atoms with van der Waals surface area (Å²) in [5, 5.41) is 0. The molecule has 0 atom stereocenters. The Balaban J connectivity index is 1.50. The van der Waals surface area contributed by atoms with Crippen LogP contribution in [0.1, 0.15) is 56.7 Å². The van der Waals surface area contributed by atoms with Gasteiger partial charge in [-0.15, -0.1) is 0 Å². The number of hydrogen-bond acceptors (Lipinski definition) is 2. The first-order valence-corrected chi connectivity index (χ1v) is 10.1. The highest BCUT2D eigenvalue weighted by Gasteiger charge is 2.37. The summed E-state index contributed by atoms with van der Waals surface area (Å²) >= 11 is 0. The number of rotatable bonds is 3. The molecule has 1 spiro atoms. The summed E-state index contributed by atoms with van der Waals surface area (Å²) < 4.78 is 2.41. The van der Waals surface area contributed by atoms with Crippen LogP contribution in [0.2, 0.25) is 0 Å². The van der Waals surface area contributed by atoms with Crippen LogP contribution in [0.25, 0.3) is 5.52 Å². The second-order valence-electron chi connectivity index (χ2n) is 8.81. The van der Waals surface area contributed by atoms with Crippen molar-refractivity contribution in [3.05, 3.63) is 41.7 Å². The minimum atomic E-state index is 0.582. The molecule has 3 nitrogen and oxygen atoms in total. The molecule has 136 valence electrons. The summed E-state index contributed by atoms with van der Waals surface area (Å²) in [6.07, 6.45) is 7.81. The molecule has 0 unspecified atom stereocenters. The predicted molar refractivity (Wildman–Crippen MR) is 105 cm³/mol. The Kier molecular flexibility index (Phi) is 4.63. The van der Waals surface area contributed by atoms with Gasteiger partial charge >= 0.3 is 0 Å². The lowest BCUT2D eigenvalue weighted by atomic mass is 9.72. The molecule has 25 heavy (non-hydrogen) atoms. The topological polar surface area (TPSA) is 10.9 Å². The van der Waals surface area contributed by atoms with Gasteiger partial charge in [0.15, 0.2) is 0 Å². The first kappa shape index (κ1) is 17.1. The monoisotopic (exact) mass is 339 g/mol. The number of pyridine rings is 1. The zero-order valence-corrected chi connectivity index (χ0v) is 16.2. The molecule has 4 heterocycles. The lowest BCUT2D eigenvalue weighted by molar-refractivity contribution is 0.0312. The molecule has 2 aliphatic heterocycles. The molecule has 0 bridgehead atoms. The largest absolute Gasteiger partial charge is 0.319 e. The van der Waals surface area contributed by atoms with E-state index in [1.807, 2.05) is 0 Å². The van der Waals surface area contributed by atoms with Crippen molar-refractivity contribution in [2.24, 2.45) is 5.41 Å². The van der Waals surface area contributed by atoms with Crippen LogP contribution in [-0.4, -0.2) is 47.4 Å². The van der Waals surface area contributed by atoms with E-state index < -0.39 is 0 Å². The highest BCUT2D eigenvalue weighted by molar-refractivity contribution is 5.54. The van der Waals surface area contributed by atoms with Gasteiger partial charge < -0.3 is 9.30 Å². The Morgan fingerprint density at radius 1 is 1.08 bits per heavy atom. The number of aromatic nitrogens is 1. The van der Waals surface area contributed by atoms with Crippen molar-refractivity contribution in [2.75, 3.05) is 33.2 Å². The SMILES string of the molecule is CC(C)c1cc2ccccn2c1CN1CCC2(CCCN(C)C2)CC1. The molecule has 2 aliphatic rings. The summed E-state index contributed by atoms with van der Waals surface area (Å²) in [5.74, 6) is 0.582. The van der Waals surface area contributed by atoms with Gasteiger partial charge in [0.1, 0.15) is 0 Å².